The average Bonchev–Trinajstić information content (AvgIpc) is 2.73. The van der Waals surface area contributed by atoms with Crippen LogP contribution in [0.25, 0.3) is 0 Å². The molecule has 1 heterocycles. The number of sulfonamides is 1. The van der Waals surface area contributed by atoms with Crippen LogP contribution in [0.2, 0.25) is 0 Å². The molecule has 2 aromatic carbocycles. The van der Waals surface area contributed by atoms with Gasteiger partial charge in [0.25, 0.3) is 0 Å². The Morgan fingerprint density at radius 2 is 1.83 bits per heavy atom. The monoisotopic (exact) mass is 411 g/mol. The van der Waals surface area contributed by atoms with Crippen LogP contribution < -0.4 is 0 Å². The van der Waals surface area contributed by atoms with Crippen LogP contribution in [-0.2, 0) is 19.6 Å². The summed E-state index contributed by atoms with van der Waals surface area (Å²) in [5.41, 5.74) is 2.12. The zero-order chi connectivity index (χ0) is 21.0. The van der Waals surface area contributed by atoms with Crippen LogP contribution in [0.1, 0.15) is 30.5 Å². The third kappa shape index (κ3) is 4.18. The molecule has 0 aliphatic carbocycles. The third-order valence-corrected chi connectivity index (χ3v) is 6.88. The van der Waals surface area contributed by atoms with E-state index >= 15 is 0 Å². The first-order valence-electron chi connectivity index (χ1n) is 9.55. The van der Waals surface area contributed by atoms with Gasteiger partial charge in [0.1, 0.15) is 0 Å². The summed E-state index contributed by atoms with van der Waals surface area (Å²) >= 11 is 0. The van der Waals surface area contributed by atoms with E-state index in [2.05, 4.69) is 6.58 Å². The number of esters is 1. The van der Waals surface area contributed by atoms with Crippen molar-refractivity contribution in [3.05, 3.63) is 90.0 Å². The second-order valence-corrected chi connectivity index (χ2v) is 8.71. The van der Waals surface area contributed by atoms with E-state index in [-0.39, 0.29) is 11.5 Å². The van der Waals surface area contributed by atoms with Crippen LogP contribution in [0, 0.1) is 6.92 Å². The molecular formula is C23H25NO4S. The van der Waals surface area contributed by atoms with Gasteiger partial charge in [-0.1, -0.05) is 60.2 Å². The molecule has 0 amide bonds. The number of benzene rings is 2. The van der Waals surface area contributed by atoms with Crippen LogP contribution in [0.5, 0.6) is 0 Å². The Kier molecular flexibility index (Phi) is 6.35. The number of nitrogens with zero attached hydrogens (tertiary/aromatic N) is 1. The van der Waals surface area contributed by atoms with E-state index in [4.69, 9.17) is 4.74 Å². The fourth-order valence-electron chi connectivity index (χ4n) is 3.55. The molecule has 0 saturated carbocycles. The number of ether oxygens (including phenoxy) is 1. The summed E-state index contributed by atoms with van der Waals surface area (Å²) in [7, 11) is -3.91. The van der Waals surface area contributed by atoms with E-state index in [1.807, 2.05) is 37.3 Å². The molecule has 6 heteroatoms. The summed E-state index contributed by atoms with van der Waals surface area (Å²) in [5.74, 6) is -0.520. The highest BCUT2D eigenvalue weighted by Gasteiger charge is 2.42. The Labute approximate surface area is 172 Å². The molecule has 5 nitrogen and oxygen atoms in total. The van der Waals surface area contributed by atoms with Crippen molar-refractivity contribution in [2.45, 2.75) is 37.2 Å². The first-order chi connectivity index (χ1) is 13.9. The Morgan fingerprint density at radius 1 is 1.17 bits per heavy atom. The quantitative estimate of drug-likeness (QED) is 0.529. The molecule has 29 heavy (non-hydrogen) atoms. The van der Waals surface area contributed by atoms with Crippen molar-refractivity contribution in [1.29, 1.82) is 0 Å². The smallest absolute Gasteiger partial charge is 0.335 e. The van der Waals surface area contributed by atoms with E-state index in [0.717, 1.165) is 11.1 Å². The lowest BCUT2D eigenvalue weighted by Gasteiger charge is -2.39. The normalized spacial score (nSPS) is 20.0. The van der Waals surface area contributed by atoms with Gasteiger partial charge in [-0.05, 0) is 38.0 Å². The zero-order valence-electron chi connectivity index (χ0n) is 16.6. The molecule has 0 fully saturated rings. The van der Waals surface area contributed by atoms with Crippen molar-refractivity contribution in [2.75, 3.05) is 6.61 Å². The predicted molar refractivity (Wildman–Crippen MR) is 113 cm³/mol. The van der Waals surface area contributed by atoms with Crippen molar-refractivity contribution in [3.8, 4) is 0 Å². The SMILES string of the molecule is C=C[C@H]1C(C(=O)OCC)=CC[C@@H](c2ccccc2)N1S(=O)(=O)c1ccc(C)cc1. The Morgan fingerprint density at radius 3 is 2.41 bits per heavy atom. The molecule has 2 aromatic rings. The summed E-state index contributed by atoms with van der Waals surface area (Å²) in [4.78, 5) is 12.7. The Hall–Kier alpha value is -2.70. The number of hydrogen-bond acceptors (Lipinski definition) is 4. The maximum Gasteiger partial charge on any atom is 0.335 e. The third-order valence-electron chi connectivity index (χ3n) is 4.98. The summed E-state index contributed by atoms with van der Waals surface area (Å²) in [6.45, 7) is 7.66. The van der Waals surface area contributed by atoms with Gasteiger partial charge in [0.05, 0.1) is 29.2 Å². The van der Waals surface area contributed by atoms with Gasteiger partial charge in [-0.2, -0.15) is 4.31 Å². The molecular weight excluding hydrogens is 386 g/mol. The number of carbonyl (C=O) groups is 1. The first kappa shape index (κ1) is 21.0. The van der Waals surface area contributed by atoms with Gasteiger partial charge in [0.2, 0.25) is 10.0 Å². The van der Waals surface area contributed by atoms with Crippen molar-refractivity contribution in [3.63, 3.8) is 0 Å². The molecule has 0 radical (unpaired) electrons. The maximum atomic E-state index is 13.7. The minimum Gasteiger partial charge on any atom is -0.463 e. The van der Waals surface area contributed by atoms with E-state index in [1.165, 1.54) is 10.4 Å². The molecule has 3 rings (SSSR count). The molecule has 2 atom stereocenters. The van der Waals surface area contributed by atoms with Gasteiger partial charge in [-0.3, -0.25) is 0 Å². The first-order valence-corrected chi connectivity index (χ1v) is 11.0. The number of rotatable bonds is 6. The van der Waals surface area contributed by atoms with Gasteiger partial charge in [0, 0.05) is 0 Å². The Balaban J connectivity index is 2.15. The van der Waals surface area contributed by atoms with Crippen molar-refractivity contribution in [2.24, 2.45) is 0 Å². The van der Waals surface area contributed by atoms with Crippen molar-refractivity contribution < 1.29 is 17.9 Å². The molecule has 0 N–H and O–H groups in total. The fraction of sp³-hybridized carbons (Fsp3) is 0.261. The molecule has 0 saturated heterocycles. The topological polar surface area (TPSA) is 63.7 Å². The molecule has 0 spiro atoms. The van der Waals surface area contributed by atoms with Gasteiger partial charge >= 0.3 is 5.97 Å². The van der Waals surface area contributed by atoms with E-state index in [0.29, 0.717) is 12.0 Å². The van der Waals surface area contributed by atoms with E-state index in [9.17, 15) is 13.2 Å². The zero-order valence-corrected chi connectivity index (χ0v) is 17.4. The minimum absolute atomic E-state index is 0.181. The summed E-state index contributed by atoms with van der Waals surface area (Å²) in [6, 6.07) is 14.9. The van der Waals surface area contributed by atoms with Gasteiger partial charge in [-0.15, -0.1) is 6.58 Å². The highest BCUT2D eigenvalue weighted by Crippen LogP contribution is 2.39. The summed E-state index contributed by atoms with van der Waals surface area (Å²) in [6.07, 6.45) is 3.63. The second kappa shape index (κ2) is 8.76. The van der Waals surface area contributed by atoms with Gasteiger partial charge in [0.15, 0.2) is 0 Å². The summed E-state index contributed by atoms with van der Waals surface area (Å²) < 4.78 is 33.9. The molecule has 152 valence electrons. The average molecular weight is 412 g/mol. The number of carbonyl (C=O) groups excluding carboxylic acids is 1. The molecule has 0 aromatic heterocycles. The Bertz CT molecular complexity index is 1010. The largest absolute Gasteiger partial charge is 0.463 e. The predicted octanol–water partition coefficient (Wildman–Crippen LogP) is 4.17. The molecule has 1 aliphatic rings. The van der Waals surface area contributed by atoms with Crippen LogP contribution in [0.4, 0.5) is 0 Å². The van der Waals surface area contributed by atoms with E-state index < -0.39 is 28.1 Å². The van der Waals surface area contributed by atoms with Crippen LogP contribution in [0.3, 0.4) is 0 Å². The van der Waals surface area contributed by atoms with Crippen LogP contribution in [-0.4, -0.2) is 31.3 Å². The minimum atomic E-state index is -3.91. The van der Waals surface area contributed by atoms with E-state index in [1.54, 1.807) is 37.3 Å². The van der Waals surface area contributed by atoms with Crippen molar-refractivity contribution >= 4 is 16.0 Å². The number of hydrogen-bond donors (Lipinski definition) is 0. The fourth-order valence-corrected chi connectivity index (χ4v) is 5.32. The summed E-state index contributed by atoms with van der Waals surface area (Å²) in [5, 5.41) is 0. The van der Waals surface area contributed by atoms with Gasteiger partial charge in [-0.25, -0.2) is 13.2 Å². The lowest BCUT2D eigenvalue weighted by Crippen LogP contribution is -2.46. The van der Waals surface area contributed by atoms with Crippen LogP contribution >= 0.6 is 0 Å². The lowest BCUT2D eigenvalue weighted by atomic mass is 9.93. The maximum absolute atomic E-state index is 13.7. The number of aryl methyl sites for hydroxylation is 1. The van der Waals surface area contributed by atoms with Crippen molar-refractivity contribution in [1.82, 2.24) is 4.31 Å². The molecule has 0 unspecified atom stereocenters. The molecule has 1 aliphatic heterocycles. The standard InChI is InChI=1S/C23H25NO4S/c1-4-21-20(23(25)28-5-2)15-16-22(18-9-7-6-8-10-18)24(21)29(26,27)19-13-11-17(3)12-14-19/h4,6-15,21-22H,1,5,16H2,2-3H3/t21-,22-/m0/s1. The second-order valence-electron chi connectivity index (χ2n) is 6.87. The highest BCUT2D eigenvalue weighted by atomic mass is 32.2. The lowest BCUT2D eigenvalue weighted by molar-refractivity contribution is -0.139. The van der Waals surface area contributed by atoms with Gasteiger partial charge < -0.3 is 4.74 Å². The highest BCUT2D eigenvalue weighted by molar-refractivity contribution is 7.89. The molecule has 0 bridgehead atoms. The van der Waals surface area contributed by atoms with Crippen LogP contribution in [0.15, 0.2) is 83.8 Å².